The molecule has 7 nitrogen and oxygen atoms in total. The molecule has 3 aliphatic rings. The number of rotatable bonds is 9. The van der Waals surface area contributed by atoms with Crippen molar-refractivity contribution in [3.05, 3.63) is 108 Å². The number of carbonyl (C=O) groups is 3. The molecule has 0 aliphatic carbocycles. The maximum atomic E-state index is 13.5. The number of alkyl carbamates (subject to hydrolysis) is 1. The minimum atomic E-state index is -0.991. The van der Waals surface area contributed by atoms with Crippen molar-refractivity contribution in [2.75, 3.05) is 26.2 Å². The molecule has 3 aromatic rings. The Morgan fingerprint density at radius 3 is 2.08 bits per heavy atom. The van der Waals surface area contributed by atoms with Gasteiger partial charge in [0, 0.05) is 24.3 Å². The standard InChI is InChI=1S/C31H32N2O5.BrH/c34-27(24-12-6-2-7-13-24)20-33-18-16-25(17-19-33)28(21-33)38-30(35)29(26-14-8-3-9-15-26)32-31(36)37-22-23-10-4-1-5-11-23;/h1-15,25,28-29H,16-22H2;1H/t25?,28-,29?,33?;/m0./s1. The smallest absolute Gasteiger partial charge is 0.408 e. The van der Waals surface area contributed by atoms with Crippen LogP contribution >= 0.6 is 0 Å². The first-order valence-corrected chi connectivity index (χ1v) is 13.2. The third kappa shape index (κ3) is 7.13. The molecule has 0 aromatic heterocycles. The third-order valence-corrected chi connectivity index (χ3v) is 7.73. The summed E-state index contributed by atoms with van der Waals surface area (Å²) in [5.41, 5.74) is 2.19. The molecule has 1 unspecified atom stereocenters. The SMILES string of the molecule is O=C(NC(C(=O)O[C@H]1C[N+]2(CC(=O)c3ccccc3)CCC1CC2)c1ccccc1)OCc1ccccc1.[Br-]. The number of ketones is 1. The molecule has 3 aromatic carbocycles. The summed E-state index contributed by atoms with van der Waals surface area (Å²) < 4.78 is 12.1. The van der Waals surface area contributed by atoms with Gasteiger partial charge in [0.05, 0.1) is 13.1 Å². The van der Waals surface area contributed by atoms with Crippen molar-refractivity contribution >= 4 is 17.8 Å². The average Bonchev–Trinajstić information content (AvgIpc) is 2.96. The van der Waals surface area contributed by atoms with E-state index < -0.39 is 18.1 Å². The Morgan fingerprint density at radius 2 is 1.44 bits per heavy atom. The summed E-state index contributed by atoms with van der Waals surface area (Å²) in [5, 5.41) is 2.71. The minimum Gasteiger partial charge on any atom is -1.00 e. The van der Waals surface area contributed by atoms with Crippen LogP contribution in [0.2, 0.25) is 0 Å². The zero-order valence-corrected chi connectivity index (χ0v) is 23.3. The van der Waals surface area contributed by atoms with E-state index in [2.05, 4.69) is 5.32 Å². The van der Waals surface area contributed by atoms with Crippen LogP contribution in [-0.2, 0) is 20.9 Å². The van der Waals surface area contributed by atoms with E-state index in [1.165, 1.54) is 0 Å². The van der Waals surface area contributed by atoms with Crippen molar-refractivity contribution in [3.8, 4) is 0 Å². The van der Waals surface area contributed by atoms with E-state index in [0.29, 0.717) is 28.7 Å². The lowest BCUT2D eigenvalue weighted by molar-refractivity contribution is -0.938. The number of nitrogens with zero attached hydrogens (tertiary/aromatic N) is 1. The van der Waals surface area contributed by atoms with Crippen molar-refractivity contribution in [2.45, 2.75) is 31.6 Å². The number of fused-ring (bicyclic) bond motifs is 3. The largest absolute Gasteiger partial charge is 1.00 e. The van der Waals surface area contributed by atoms with Crippen LogP contribution in [0, 0.1) is 5.92 Å². The van der Waals surface area contributed by atoms with Crippen LogP contribution in [0.15, 0.2) is 91.0 Å². The Kier molecular flexibility index (Phi) is 9.54. The summed E-state index contributed by atoms with van der Waals surface area (Å²) in [7, 11) is 0. The van der Waals surface area contributed by atoms with E-state index in [0.717, 1.165) is 31.5 Å². The molecule has 2 atom stereocenters. The van der Waals surface area contributed by atoms with E-state index >= 15 is 0 Å². The maximum Gasteiger partial charge on any atom is 0.408 e. The molecular weight excluding hydrogens is 560 g/mol. The highest BCUT2D eigenvalue weighted by Gasteiger charge is 2.49. The molecule has 1 amide bonds. The number of esters is 1. The zero-order chi connectivity index (χ0) is 26.4. The van der Waals surface area contributed by atoms with E-state index in [9.17, 15) is 14.4 Å². The minimum absolute atomic E-state index is 0. The summed E-state index contributed by atoms with van der Waals surface area (Å²) in [6.45, 7) is 2.92. The van der Waals surface area contributed by atoms with Gasteiger partial charge in [-0.15, -0.1) is 0 Å². The molecule has 3 heterocycles. The summed E-state index contributed by atoms with van der Waals surface area (Å²) in [5.74, 6) is -0.146. The quantitative estimate of drug-likeness (QED) is 0.232. The Hall–Kier alpha value is -3.49. The second kappa shape index (κ2) is 13.0. The first-order chi connectivity index (χ1) is 18.5. The van der Waals surface area contributed by atoms with Crippen molar-refractivity contribution in [1.29, 1.82) is 0 Å². The number of benzene rings is 3. The molecule has 3 fully saturated rings. The van der Waals surface area contributed by atoms with Crippen LogP contribution in [0.1, 0.15) is 40.4 Å². The molecule has 3 aliphatic heterocycles. The summed E-state index contributed by atoms with van der Waals surface area (Å²) in [6, 6.07) is 26.8. The van der Waals surface area contributed by atoms with E-state index in [1.807, 2.05) is 78.9 Å². The fourth-order valence-corrected chi connectivity index (χ4v) is 5.62. The van der Waals surface area contributed by atoms with Crippen LogP contribution in [-0.4, -0.2) is 54.6 Å². The monoisotopic (exact) mass is 592 g/mol. The molecular formula is C31H33BrN2O5. The lowest BCUT2D eigenvalue weighted by Gasteiger charge is -2.51. The number of ether oxygens (including phenoxy) is 2. The van der Waals surface area contributed by atoms with Gasteiger partial charge in [-0.25, -0.2) is 9.59 Å². The van der Waals surface area contributed by atoms with Crippen molar-refractivity contribution in [2.24, 2.45) is 5.92 Å². The van der Waals surface area contributed by atoms with Crippen molar-refractivity contribution in [3.63, 3.8) is 0 Å². The highest BCUT2D eigenvalue weighted by atomic mass is 79.9. The number of Topliss-reactive ketones (excluding diaryl/α,β-unsaturated/α-hetero) is 1. The van der Waals surface area contributed by atoms with Gasteiger partial charge in [0.25, 0.3) is 0 Å². The number of nitrogens with one attached hydrogen (secondary N) is 1. The average molecular weight is 594 g/mol. The van der Waals surface area contributed by atoms with Crippen LogP contribution in [0.3, 0.4) is 0 Å². The number of hydrogen-bond acceptors (Lipinski definition) is 5. The van der Waals surface area contributed by atoms with Crippen molar-refractivity contribution in [1.82, 2.24) is 5.32 Å². The number of hydrogen-bond donors (Lipinski definition) is 1. The predicted octanol–water partition coefficient (Wildman–Crippen LogP) is 1.69. The van der Waals surface area contributed by atoms with Crippen LogP contribution in [0.5, 0.6) is 0 Å². The molecule has 8 heteroatoms. The predicted molar refractivity (Wildman–Crippen MR) is 142 cm³/mol. The molecule has 0 radical (unpaired) electrons. The lowest BCUT2D eigenvalue weighted by atomic mass is 9.82. The van der Waals surface area contributed by atoms with Gasteiger partial charge in [-0.05, 0) is 11.1 Å². The highest BCUT2D eigenvalue weighted by molar-refractivity contribution is 5.97. The summed E-state index contributed by atoms with van der Waals surface area (Å²) >= 11 is 0. The van der Waals surface area contributed by atoms with Gasteiger partial charge in [-0.1, -0.05) is 91.0 Å². The van der Waals surface area contributed by atoms with Gasteiger partial charge in [-0.3, -0.25) is 4.79 Å². The first kappa shape index (κ1) is 28.5. The molecule has 3 saturated heterocycles. The van der Waals surface area contributed by atoms with Crippen molar-refractivity contribution < 1.29 is 45.3 Å². The second-order valence-corrected chi connectivity index (χ2v) is 10.3. The van der Waals surface area contributed by atoms with Crippen LogP contribution in [0.25, 0.3) is 0 Å². The maximum absolute atomic E-state index is 13.5. The molecule has 1 N–H and O–H groups in total. The number of quaternary nitrogens is 1. The lowest BCUT2D eigenvalue weighted by Crippen LogP contribution is -3.00. The number of piperidine rings is 3. The Labute approximate surface area is 239 Å². The highest BCUT2D eigenvalue weighted by Crippen LogP contribution is 2.36. The molecule has 0 saturated carbocycles. The summed E-state index contributed by atoms with van der Waals surface area (Å²) in [6.07, 6.45) is 0.818. The van der Waals surface area contributed by atoms with E-state index in [4.69, 9.17) is 9.47 Å². The normalized spacial score (nSPS) is 22.2. The Morgan fingerprint density at radius 1 is 0.846 bits per heavy atom. The fourth-order valence-electron chi connectivity index (χ4n) is 5.62. The number of amides is 1. The topological polar surface area (TPSA) is 81.7 Å². The Bertz CT molecular complexity index is 1250. The van der Waals surface area contributed by atoms with Gasteiger partial charge in [0.1, 0.15) is 19.7 Å². The third-order valence-electron chi connectivity index (χ3n) is 7.73. The summed E-state index contributed by atoms with van der Waals surface area (Å²) in [4.78, 5) is 39.1. The van der Waals surface area contributed by atoms with Gasteiger partial charge in [0.2, 0.25) is 5.78 Å². The molecule has 0 spiro atoms. The number of halogens is 1. The fraction of sp³-hybridized carbons (Fsp3) is 0.323. The Balaban J connectivity index is 0.00000353. The van der Waals surface area contributed by atoms with Gasteiger partial charge in [-0.2, -0.15) is 0 Å². The second-order valence-electron chi connectivity index (χ2n) is 10.3. The van der Waals surface area contributed by atoms with Gasteiger partial charge >= 0.3 is 12.1 Å². The van der Waals surface area contributed by atoms with E-state index in [-0.39, 0.29) is 41.4 Å². The molecule has 39 heavy (non-hydrogen) atoms. The van der Waals surface area contributed by atoms with E-state index in [1.54, 1.807) is 12.1 Å². The van der Waals surface area contributed by atoms with Crippen LogP contribution < -0.4 is 22.3 Å². The van der Waals surface area contributed by atoms with Gasteiger partial charge < -0.3 is 36.3 Å². The molecule has 6 rings (SSSR count). The molecule has 2 bridgehead atoms. The first-order valence-electron chi connectivity index (χ1n) is 13.2. The molecule has 204 valence electrons. The zero-order valence-electron chi connectivity index (χ0n) is 21.7. The van der Waals surface area contributed by atoms with Gasteiger partial charge in [0.15, 0.2) is 12.1 Å². The van der Waals surface area contributed by atoms with Crippen LogP contribution in [0.4, 0.5) is 4.79 Å². The number of carbonyl (C=O) groups excluding carboxylic acids is 3.